The van der Waals surface area contributed by atoms with Gasteiger partial charge in [-0.25, -0.2) is 0 Å². The first-order chi connectivity index (χ1) is 13.7. The summed E-state index contributed by atoms with van der Waals surface area (Å²) >= 11 is 0. The minimum atomic E-state index is -0.543. The molecule has 2 N–H and O–H groups in total. The van der Waals surface area contributed by atoms with Crippen molar-refractivity contribution in [1.82, 2.24) is 5.32 Å². The molecular weight excluding hydrogens is 346 g/mol. The van der Waals surface area contributed by atoms with Crippen molar-refractivity contribution in [3.8, 4) is 0 Å². The third-order valence-corrected chi connectivity index (χ3v) is 4.96. The van der Waals surface area contributed by atoms with Crippen LogP contribution in [-0.4, -0.2) is 31.0 Å². The van der Waals surface area contributed by atoms with Crippen molar-refractivity contribution in [2.45, 2.75) is 25.0 Å². The first-order valence-corrected chi connectivity index (χ1v) is 9.88. The van der Waals surface area contributed by atoms with Crippen molar-refractivity contribution < 1.29 is 9.84 Å². The van der Waals surface area contributed by atoms with E-state index in [0.717, 1.165) is 0 Å². The van der Waals surface area contributed by atoms with Gasteiger partial charge in [0.05, 0.1) is 19.3 Å². The fourth-order valence-electron chi connectivity index (χ4n) is 3.31. The summed E-state index contributed by atoms with van der Waals surface area (Å²) in [6.45, 7) is 3.45. The molecule has 3 aromatic carbocycles. The average Bonchev–Trinajstić information content (AvgIpc) is 2.77. The second-order valence-electron chi connectivity index (χ2n) is 7.11. The molecule has 28 heavy (non-hydrogen) atoms. The van der Waals surface area contributed by atoms with Crippen LogP contribution in [0.15, 0.2) is 91.0 Å². The Hall–Kier alpha value is -2.46. The van der Waals surface area contributed by atoms with E-state index in [-0.39, 0.29) is 12.0 Å². The van der Waals surface area contributed by atoms with E-state index in [1.54, 1.807) is 0 Å². The van der Waals surface area contributed by atoms with E-state index in [2.05, 4.69) is 72.9 Å². The lowest BCUT2D eigenvalue weighted by atomic mass is 9.92. The van der Waals surface area contributed by atoms with E-state index >= 15 is 0 Å². The standard InChI is InChI=1S/C25H29NO2/c1-20(21-11-5-2-6-12-21)26-17-24(27)18-28-19-25(22-13-7-3-8-14-22)23-15-9-4-10-16-23/h2-16,20,24-27H,17-19H2,1H3. The number of aliphatic hydroxyl groups excluding tert-OH is 1. The Morgan fingerprint density at radius 1 is 0.714 bits per heavy atom. The van der Waals surface area contributed by atoms with E-state index in [9.17, 15) is 5.11 Å². The van der Waals surface area contributed by atoms with Crippen LogP contribution in [0.25, 0.3) is 0 Å². The zero-order chi connectivity index (χ0) is 19.6. The minimum Gasteiger partial charge on any atom is -0.389 e. The molecule has 3 aromatic rings. The zero-order valence-electron chi connectivity index (χ0n) is 16.4. The zero-order valence-corrected chi connectivity index (χ0v) is 16.4. The molecule has 0 aliphatic heterocycles. The van der Waals surface area contributed by atoms with Crippen LogP contribution in [0.3, 0.4) is 0 Å². The summed E-state index contributed by atoms with van der Waals surface area (Å²) in [5.41, 5.74) is 3.65. The molecule has 0 radical (unpaired) electrons. The molecule has 0 bridgehead atoms. The van der Waals surface area contributed by atoms with Gasteiger partial charge < -0.3 is 15.2 Å². The maximum atomic E-state index is 10.3. The Morgan fingerprint density at radius 2 is 1.18 bits per heavy atom. The molecule has 0 aliphatic carbocycles. The van der Waals surface area contributed by atoms with E-state index in [4.69, 9.17) is 4.74 Å². The number of aliphatic hydroxyl groups is 1. The molecule has 2 unspecified atom stereocenters. The topological polar surface area (TPSA) is 41.5 Å². The van der Waals surface area contributed by atoms with Crippen molar-refractivity contribution in [2.75, 3.05) is 19.8 Å². The van der Waals surface area contributed by atoms with Gasteiger partial charge in [0, 0.05) is 18.5 Å². The molecule has 0 aliphatic rings. The molecule has 0 aromatic heterocycles. The Morgan fingerprint density at radius 3 is 1.68 bits per heavy atom. The van der Waals surface area contributed by atoms with E-state index in [1.165, 1.54) is 16.7 Å². The predicted octanol–water partition coefficient (Wildman–Crippen LogP) is 4.55. The fourth-order valence-corrected chi connectivity index (χ4v) is 3.31. The lowest BCUT2D eigenvalue weighted by Gasteiger charge is -2.21. The van der Waals surface area contributed by atoms with Gasteiger partial charge >= 0.3 is 0 Å². The fraction of sp³-hybridized carbons (Fsp3) is 0.280. The smallest absolute Gasteiger partial charge is 0.0897 e. The van der Waals surface area contributed by atoms with Crippen molar-refractivity contribution in [2.24, 2.45) is 0 Å². The van der Waals surface area contributed by atoms with Gasteiger partial charge in [-0.2, -0.15) is 0 Å². The molecule has 3 heteroatoms. The Kier molecular flexibility index (Phi) is 7.80. The normalized spacial score (nSPS) is 13.4. The second kappa shape index (κ2) is 10.8. The predicted molar refractivity (Wildman–Crippen MR) is 114 cm³/mol. The molecule has 0 heterocycles. The first kappa shape index (κ1) is 20.3. The first-order valence-electron chi connectivity index (χ1n) is 9.88. The van der Waals surface area contributed by atoms with Crippen LogP contribution in [0.1, 0.15) is 35.6 Å². The molecule has 0 saturated heterocycles. The van der Waals surface area contributed by atoms with Gasteiger partial charge in [-0.1, -0.05) is 91.0 Å². The summed E-state index contributed by atoms with van der Waals surface area (Å²) in [7, 11) is 0. The summed E-state index contributed by atoms with van der Waals surface area (Å²) in [6.07, 6.45) is -0.543. The van der Waals surface area contributed by atoms with Gasteiger partial charge in [-0.15, -0.1) is 0 Å². The summed E-state index contributed by atoms with van der Waals surface area (Å²) in [6, 6.07) is 31.2. The van der Waals surface area contributed by atoms with Crippen molar-refractivity contribution in [3.63, 3.8) is 0 Å². The molecule has 0 saturated carbocycles. The third-order valence-electron chi connectivity index (χ3n) is 4.96. The maximum Gasteiger partial charge on any atom is 0.0897 e. The van der Waals surface area contributed by atoms with Crippen LogP contribution in [0.4, 0.5) is 0 Å². The van der Waals surface area contributed by atoms with E-state index < -0.39 is 6.10 Å². The number of hydrogen-bond acceptors (Lipinski definition) is 3. The van der Waals surface area contributed by atoms with Crippen LogP contribution in [0, 0.1) is 0 Å². The molecule has 0 spiro atoms. The van der Waals surface area contributed by atoms with Gasteiger partial charge in [0.15, 0.2) is 0 Å². The summed E-state index contributed by atoms with van der Waals surface area (Å²) < 4.78 is 5.91. The third kappa shape index (κ3) is 6.03. The highest BCUT2D eigenvalue weighted by Crippen LogP contribution is 2.24. The van der Waals surface area contributed by atoms with E-state index in [1.807, 2.05) is 30.3 Å². The van der Waals surface area contributed by atoms with Crippen molar-refractivity contribution in [1.29, 1.82) is 0 Å². The Bertz CT molecular complexity index is 753. The Balaban J connectivity index is 1.50. The van der Waals surface area contributed by atoms with Crippen LogP contribution in [-0.2, 0) is 4.74 Å². The summed E-state index contributed by atoms with van der Waals surface area (Å²) in [5.74, 6) is 0.158. The number of rotatable bonds is 10. The lowest BCUT2D eigenvalue weighted by molar-refractivity contribution is 0.0330. The summed E-state index contributed by atoms with van der Waals surface area (Å²) in [5, 5.41) is 13.7. The minimum absolute atomic E-state index is 0.158. The number of ether oxygens (including phenoxy) is 1. The quantitative estimate of drug-likeness (QED) is 0.546. The van der Waals surface area contributed by atoms with Crippen LogP contribution >= 0.6 is 0 Å². The van der Waals surface area contributed by atoms with E-state index in [0.29, 0.717) is 19.8 Å². The average molecular weight is 376 g/mol. The van der Waals surface area contributed by atoms with Gasteiger partial charge in [0.25, 0.3) is 0 Å². The summed E-state index contributed by atoms with van der Waals surface area (Å²) in [4.78, 5) is 0. The van der Waals surface area contributed by atoms with Gasteiger partial charge in [0.1, 0.15) is 0 Å². The lowest BCUT2D eigenvalue weighted by Crippen LogP contribution is -2.32. The highest BCUT2D eigenvalue weighted by atomic mass is 16.5. The molecule has 0 amide bonds. The molecular formula is C25H29NO2. The maximum absolute atomic E-state index is 10.3. The molecule has 146 valence electrons. The number of benzene rings is 3. The molecule has 3 nitrogen and oxygen atoms in total. The monoisotopic (exact) mass is 375 g/mol. The highest BCUT2D eigenvalue weighted by Gasteiger charge is 2.15. The van der Waals surface area contributed by atoms with Crippen LogP contribution < -0.4 is 5.32 Å². The Labute approximate surface area is 168 Å². The molecule has 2 atom stereocenters. The molecule has 0 fully saturated rings. The van der Waals surface area contributed by atoms with Gasteiger partial charge in [-0.05, 0) is 23.6 Å². The number of nitrogens with one attached hydrogen (secondary N) is 1. The second-order valence-corrected chi connectivity index (χ2v) is 7.11. The SMILES string of the molecule is CC(NCC(O)COCC(c1ccccc1)c1ccccc1)c1ccccc1. The highest BCUT2D eigenvalue weighted by molar-refractivity contribution is 5.32. The van der Waals surface area contributed by atoms with Gasteiger partial charge in [0.2, 0.25) is 0 Å². The largest absolute Gasteiger partial charge is 0.389 e. The van der Waals surface area contributed by atoms with Gasteiger partial charge in [-0.3, -0.25) is 0 Å². The number of hydrogen-bond donors (Lipinski definition) is 2. The molecule has 3 rings (SSSR count). The van der Waals surface area contributed by atoms with Crippen LogP contribution in [0.2, 0.25) is 0 Å². The van der Waals surface area contributed by atoms with Crippen molar-refractivity contribution in [3.05, 3.63) is 108 Å². The van der Waals surface area contributed by atoms with Crippen molar-refractivity contribution >= 4 is 0 Å². The van der Waals surface area contributed by atoms with Crippen LogP contribution in [0.5, 0.6) is 0 Å².